The number of nitrogens with zero attached hydrogens (tertiary/aromatic N) is 1. The zero-order valence-electron chi connectivity index (χ0n) is 12.3. The summed E-state index contributed by atoms with van der Waals surface area (Å²) < 4.78 is 0. The van der Waals surface area contributed by atoms with Gasteiger partial charge in [0.2, 0.25) is 0 Å². The molecule has 1 aromatic carbocycles. The predicted molar refractivity (Wildman–Crippen MR) is 80.1 cm³/mol. The molecule has 5 heteroatoms. The number of hydrogen-bond acceptors (Lipinski definition) is 2. The Kier molecular flexibility index (Phi) is 5.20. The van der Waals surface area contributed by atoms with E-state index < -0.39 is 5.97 Å². The van der Waals surface area contributed by atoms with Crippen LogP contribution in [0.4, 0.5) is 4.79 Å². The van der Waals surface area contributed by atoms with Gasteiger partial charge in [0.15, 0.2) is 0 Å². The molecule has 0 aromatic heterocycles. The third kappa shape index (κ3) is 4.21. The Morgan fingerprint density at radius 1 is 1.33 bits per heavy atom. The number of hydrogen-bond donors (Lipinski definition) is 2. The minimum atomic E-state index is -0.897. The molecular weight excluding hydrogens is 268 g/mol. The van der Waals surface area contributed by atoms with Crippen molar-refractivity contribution in [1.82, 2.24) is 10.2 Å². The largest absolute Gasteiger partial charge is 0.481 e. The first-order valence-electron chi connectivity index (χ1n) is 7.38. The fourth-order valence-corrected chi connectivity index (χ4v) is 2.86. The summed E-state index contributed by atoms with van der Waals surface area (Å²) in [6.07, 6.45) is 1.92. The van der Waals surface area contributed by atoms with Crippen molar-refractivity contribution in [2.75, 3.05) is 13.1 Å². The number of carbonyl (C=O) groups is 2. The molecule has 1 heterocycles. The van der Waals surface area contributed by atoms with Crippen molar-refractivity contribution in [3.63, 3.8) is 0 Å². The van der Waals surface area contributed by atoms with Crippen molar-refractivity contribution in [3.8, 4) is 0 Å². The van der Waals surface area contributed by atoms with Crippen molar-refractivity contribution in [3.05, 3.63) is 35.9 Å². The molecule has 1 fully saturated rings. The SMILES string of the molecule is CC1C(Cc2ccccc2)CCN1C(=O)NCCC(=O)O. The lowest BCUT2D eigenvalue weighted by Crippen LogP contribution is -2.43. The Labute approximate surface area is 125 Å². The molecule has 2 unspecified atom stereocenters. The average molecular weight is 290 g/mol. The lowest BCUT2D eigenvalue weighted by Gasteiger charge is -2.25. The number of carboxylic acid groups (broad SMARTS) is 1. The van der Waals surface area contributed by atoms with Gasteiger partial charge in [-0.05, 0) is 31.2 Å². The van der Waals surface area contributed by atoms with Crippen LogP contribution in [0, 0.1) is 5.92 Å². The van der Waals surface area contributed by atoms with Gasteiger partial charge < -0.3 is 15.3 Å². The Morgan fingerprint density at radius 3 is 2.71 bits per heavy atom. The van der Waals surface area contributed by atoms with Crippen LogP contribution in [0.15, 0.2) is 30.3 Å². The number of nitrogens with one attached hydrogen (secondary N) is 1. The van der Waals surface area contributed by atoms with Crippen LogP contribution < -0.4 is 5.32 Å². The third-order valence-electron chi connectivity index (χ3n) is 4.13. The molecule has 2 N–H and O–H groups in total. The first-order valence-corrected chi connectivity index (χ1v) is 7.38. The highest BCUT2D eigenvalue weighted by atomic mass is 16.4. The van der Waals surface area contributed by atoms with E-state index in [2.05, 4.69) is 24.4 Å². The Bertz CT molecular complexity index is 490. The number of benzene rings is 1. The second kappa shape index (κ2) is 7.11. The molecule has 1 aliphatic heterocycles. The van der Waals surface area contributed by atoms with Crippen LogP contribution in [0.2, 0.25) is 0 Å². The van der Waals surface area contributed by atoms with E-state index in [0.717, 1.165) is 19.4 Å². The number of likely N-dealkylation sites (tertiary alicyclic amines) is 1. The Hall–Kier alpha value is -2.04. The monoisotopic (exact) mass is 290 g/mol. The quantitative estimate of drug-likeness (QED) is 0.872. The summed E-state index contributed by atoms with van der Waals surface area (Å²) in [5, 5.41) is 11.3. The second-order valence-corrected chi connectivity index (χ2v) is 5.55. The van der Waals surface area contributed by atoms with Crippen LogP contribution in [0.3, 0.4) is 0 Å². The number of rotatable bonds is 5. The highest BCUT2D eigenvalue weighted by molar-refractivity contribution is 5.75. The summed E-state index contributed by atoms with van der Waals surface area (Å²) in [4.78, 5) is 24.3. The summed E-state index contributed by atoms with van der Waals surface area (Å²) in [5.41, 5.74) is 1.29. The number of carbonyl (C=O) groups excluding carboxylic acids is 1. The van der Waals surface area contributed by atoms with Gasteiger partial charge in [-0.3, -0.25) is 4.79 Å². The third-order valence-corrected chi connectivity index (χ3v) is 4.13. The van der Waals surface area contributed by atoms with Gasteiger partial charge in [-0.15, -0.1) is 0 Å². The smallest absolute Gasteiger partial charge is 0.317 e. The number of amides is 2. The fourth-order valence-electron chi connectivity index (χ4n) is 2.86. The zero-order valence-corrected chi connectivity index (χ0v) is 12.3. The highest BCUT2D eigenvalue weighted by Crippen LogP contribution is 2.27. The average Bonchev–Trinajstić information content (AvgIpc) is 2.81. The van der Waals surface area contributed by atoms with E-state index in [1.807, 2.05) is 23.1 Å². The fraction of sp³-hybridized carbons (Fsp3) is 0.500. The van der Waals surface area contributed by atoms with Gasteiger partial charge >= 0.3 is 12.0 Å². The molecule has 1 aromatic rings. The van der Waals surface area contributed by atoms with E-state index in [0.29, 0.717) is 5.92 Å². The molecule has 2 atom stereocenters. The molecule has 5 nitrogen and oxygen atoms in total. The first-order chi connectivity index (χ1) is 10.1. The van der Waals surface area contributed by atoms with E-state index in [1.165, 1.54) is 5.56 Å². The summed E-state index contributed by atoms with van der Waals surface area (Å²) in [6.45, 7) is 2.98. The van der Waals surface area contributed by atoms with Gasteiger partial charge in [0, 0.05) is 19.1 Å². The molecule has 114 valence electrons. The molecule has 1 aliphatic rings. The normalized spacial score (nSPS) is 21.3. The second-order valence-electron chi connectivity index (χ2n) is 5.55. The van der Waals surface area contributed by atoms with Crippen molar-refractivity contribution in [1.29, 1.82) is 0 Å². The highest BCUT2D eigenvalue weighted by Gasteiger charge is 2.33. The molecule has 0 bridgehead atoms. The van der Waals surface area contributed by atoms with E-state index in [4.69, 9.17) is 5.11 Å². The van der Waals surface area contributed by atoms with Crippen LogP contribution in [-0.4, -0.2) is 41.1 Å². The molecule has 0 aliphatic carbocycles. The Balaban J connectivity index is 1.84. The van der Waals surface area contributed by atoms with Gasteiger partial charge in [-0.2, -0.15) is 0 Å². The maximum absolute atomic E-state index is 12.1. The molecule has 21 heavy (non-hydrogen) atoms. The van der Waals surface area contributed by atoms with Gasteiger partial charge in [0.1, 0.15) is 0 Å². The van der Waals surface area contributed by atoms with Crippen molar-refractivity contribution >= 4 is 12.0 Å². The van der Waals surface area contributed by atoms with E-state index in [1.54, 1.807) is 0 Å². The molecule has 0 saturated carbocycles. The standard InChI is InChI=1S/C16H22N2O3/c1-12-14(11-13-5-3-2-4-6-13)8-10-18(12)16(21)17-9-7-15(19)20/h2-6,12,14H,7-11H2,1H3,(H,17,21)(H,19,20). The van der Waals surface area contributed by atoms with Gasteiger partial charge in [-0.25, -0.2) is 4.79 Å². The topological polar surface area (TPSA) is 69.6 Å². The molecule has 0 radical (unpaired) electrons. The van der Waals surface area contributed by atoms with E-state index >= 15 is 0 Å². The number of aliphatic carboxylic acids is 1. The molecule has 0 spiro atoms. The lowest BCUT2D eigenvalue weighted by molar-refractivity contribution is -0.136. The van der Waals surface area contributed by atoms with Crippen LogP contribution in [0.1, 0.15) is 25.3 Å². The minimum absolute atomic E-state index is 0.0403. The van der Waals surface area contributed by atoms with Crippen molar-refractivity contribution in [2.24, 2.45) is 5.92 Å². The predicted octanol–water partition coefficient (Wildman–Crippen LogP) is 2.12. The molecule has 2 amide bonds. The maximum atomic E-state index is 12.1. The van der Waals surface area contributed by atoms with Gasteiger partial charge in [0.05, 0.1) is 6.42 Å². The zero-order chi connectivity index (χ0) is 15.2. The summed E-state index contributed by atoms with van der Waals surface area (Å²) >= 11 is 0. The van der Waals surface area contributed by atoms with Crippen LogP contribution in [0.25, 0.3) is 0 Å². The van der Waals surface area contributed by atoms with Crippen LogP contribution in [-0.2, 0) is 11.2 Å². The van der Waals surface area contributed by atoms with E-state index in [9.17, 15) is 9.59 Å². The maximum Gasteiger partial charge on any atom is 0.317 e. The van der Waals surface area contributed by atoms with Crippen LogP contribution >= 0.6 is 0 Å². The lowest BCUT2D eigenvalue weighted by atomic mass is 9.93. The molecular formula is C16H22N2O3. The molecule has 2 rings (SSSR count). The molecule has 1 saturated heterocycles. The van der Waals surface area contributed by atoms with Gasteiger partial charge in [-0.1, -0.05) is 30.3 Å². The summed E-state index contributed by atoms with van der Waals surface area (Å²) in [6, 6.07) is 10.3. The number of urea groups is 1. The summed E-state index contributed by atoms with van der Waals surface area (Å²) in [5.74, 6) is -0.440. The van der Waals surface area contributed by atoms with Crippen molar-refractivity contribution < 1.29 is 14.7 Å². The van der Waals surface area contributed by atoms with Gasteiger partial charge in [0.25, 0.3) is 0 Å². The summed E-state index contributed by atoms with van der Waals surface area (Å²) in [7, 11) is 0. The minimum Gasteiger partial charge on any atom is -0.481 e. The van der Waals surface area contributed by atoms with Crippen molar-refractivity contribution in [2.45, 2.75) is 32.2 Å². The first kappa shape index (κ1) is 15.4. The van der Waals surface area contributed by atoms with E-state index in [-0.39, 0.29) is 25.0 Å². The number of carboxylic acids is 1. The Morgan fingerprint density at radius 2 is 2.05 bits per heavy atom. The van der Waals surface area contributed by atoms with Crippen LogP contribution in [0.5, 0.6) is 0 Å².